The maximum absolute atomic E-state index is 14.0. The number of fused-ring (bicyclic) bond motifs is 1. The number of halogens is 1. The van der Waals surface area contributed by atoms with Crippen LogP contribution in [0.4, 0.5) is 10.1 Å². The van der Waals surface area contributed by atoms with Crippen molar-refractivity contribution in [1.82, 2.24) is 0 Å². The van der Waals surface area contributed by atoms with E-state index in [4.69, 9.17) is 5.73 Å². The van der Waals surface area contributed by atoms with Crippen LogP contribution in [0.3, 0.4) is 0 Å². The largest absolute Gasteiger partial charge is 0.320 e. The number of likely N-dealkylation sites (N-methyl/N-ethyl adjacent to an activating group) is 1. The van der Waals surface area contributed by atoms with Gasteiger partial charge in [-0.15, -0.1) is 0 Å². The maximum Gasteiger partial charge on any atom is 0.231 e. The van der Waals surface area contributed by atoms with Gasteiger partial charge in [0, 0.05) is 18.3 Å². The highest BCUT2D eigenvalue weighted by molar-refractivity contribution is 6.00. The molecule has 1 heterocycles. The molecule has 1 unspecified atom stereocenters. The van der Waals surface area contributed by atoms with Crippen molar-refractivity contribution in [3.63, 3.8) is 0 Å². The molecule has 1 aliphatic rings. The minimum absolute atomic E-state index is 0.0669. The fourth-order valence-corrected chi connectivity index (χ4v) is 2.75. The molecular formula is C17H17FN2O. The lowest BCUT2D eigenvalue weighted by Crippen LogP contribution is -2.20. The monoisotopic (exact) mass is 284 g/mol. The molecule has 1 amide bonds. The Morgan fingerprint density at radius 1 is 1.24 bits per heavy atom. The van der Waals surface area contributed by atoms with Crippen LogP contribution in [0.15, 0.2) is 36.4 Å². The summed E-state index contributed by atoms with van der Waals surface area (Å²) in [5, 5.41) is 0. The quantitative estimate of drug-likeness (QED) is 0.921. The summed E-state index contributed by atoms with van der Waals surface area (Å²) in [6.45, 7) is 1.84. The topological polar surface area (TPSA) is 46.3 Å². The van der Waals surface area contributed by atoms with Gasteiger partial charge < -0.3 is 10.6 Å². The van der Waals surface area contributed by atoms with E-state index in [0.717, 1.165) is 22.4 Å². The molecule has 2 aromatic carbocycles. The highest BCUT2D eigenvalue weighted by atomic mass is 19.1. The van der Waals surface area contributed by atoms with Gasteiger partial charge in [0.15, 0.2) is 0 Å². The van der Waals surface area contributed by atoms with Gasteiger partial charge in [0.2, 0.25) is 5.91 Å². The highest BCUT2D eigenvalue weighted by Crippen LogP contribution is 2.31. The van der Waals surface area contributed by atoms with Crippen LogP contribution in [-0.2, 0) is 11.2 Å². The lowest BCUT2D eigenvalue weighted by atomic mass is 9.96. The van der Waals surface area contributed by atoms with E-state index in [0.29, 0.717) is 12.0 Å². The third kappa shape index (κ3) is 2.32. The first-order chi connectivity index (χ1) is 9.97. The van der Waals surface area contributed by atoms with E-state index in [1.165, 1.54) is 6.07 Å². The van der Waals surface area contributed by atoms with Crippen LogP contribution in [-0.4, -0.2) is 13.0 Å². The smallest absolute Gasteiger partial charge is 0.231 e. The number of amides is 1. The average molecular weight is 284 g/mol. The molecule has 0 spiro atoms. The molecule has 21 heavy (non-hydrogen) atoms. The van der Waals surface area contributed by atoms with Gasteiger partial charge in [0.25, 0.3) is 0 Å². The number of benzene rings is 2. The molecule has 0 bridgehead atoms. The van der Waals surface area contributed by atoms with Gasteiger partial charge >= 0.3 is 0 Å². The van der Waals surface area contributed by atoms with Gasteiger partial charge in [0.05, 0.1) is 12.5 Å². The van der Waals surface area contributed by atoms with Crippen molar-refractivity contribution in [3.05, 3.63) is 64.5 Å². The summed E-state index contributed by atoms with van der Waals surface area (Å²) in [5.41, 5.74) is 10.2. The van der Waals surface area contributed by atoms with Crippen LogP contribution < -0.4 is 10.6 Å². The van der Waals surface area contributed by atoms with E-state index >= 15 is 0 Å². The molecule has 0 saturated heterocycles. The SMILES string of the molecule is Cc1ccc(C(N)c2ccc3c(c2)CC(=O)N3C)c(F)c1. The summed E-state index contributed by atoms with van der Waals surface area (Å²) in [6.07, 6.45) is 0.378. The van der Waals surface area contributed by atoms with Gasteiger partial charge in [-0.25, -0.2) is 4.39 Å². The first kappa shape index (κ1) is 13.8. The number of rotatable bonds is 2. The predicted octanol–water partition coefficient (Wildman–Crippen LogP) is 2.70. The van der Waals surface area contributed by atoms with E-state index in [9.17, 15) is 9.18 Å². The number of aryl methyl sites for hydroxylation is 1. The molecule has 2 aromatic rings. The zero-order chi connectivity index (χ0) is 15.1. The fraction of sp³-hybridized carbons (Fsp3) is 0.235. The van der Waals surface area contributed by atoms with Gasteiger partial charge in [-0.05, 0) is 35.7 Å². The molecule has 108 valence electrons. The summed E-state index contributed by atoms with van der Waals surface area (Å²) in [5.74, 6) is -0.228. The molecule has 2 N–H and O–H groups in total. The van der Waals surface area contributed by atoms with Crippen LogP contribution >= 0.6 is 0 Å². The number of hydrogen-bond donors (Lipinski definition) is 1. The molecule has 0 aromatic heterocycles. The maximum atomic E-state index is 14.0. The summed E-state index contributed by atoms with van der Waals surface area (Å²) in [4.78, 5) is 13.3. The Hall–Kier alpha value is -2.20. The predicted molar refractivity (Wildman–Crippen MR) is 80.7 cm³/mol. The second-order valence-corrected chi connectivity index (χ2v) is 5.52. The van der Waals surface area contributed by atoms with E-state index < -0.39 is 6.04 Å². The number of nitrogens with zero attached hydrogens (tertiary/aromatic N) is 1. The summed E-state index contributed by atoms with van der Waals surface area (Å²) >= 11 is 0. The van der Waals surface area contributed by atoms with Crippen molar-refractivity contribution in [2.75, 3.05) is 11.9 Å². The third-order valence-corrected chi connectivity index (χ3v) is 4.03. The molecule has 0 saturated carbocycles. The fourth-order valence-electron chi connectivity index (χ4n) is 2.75. The Morgan fingerprint density at radius 3 is 2.71 bits per heavy atom. The molecule has 0 aliphatic carbocycles. The zero-order valence-corrected chi connectivity index (χ0v) is 12.1. The standard InChI is InChI=1S/C17H17FN2O/c1-10-3-5-13(14(18)7-10)17(19)11-4-6-15-12(8-11)9-16(21)20(15)2/h3-8,17H,9,19H2,1-2H3. The van der Waals surface area contributed by atoms with Crippen molar-refractivity contribution >= 4 is 11.6 Å². The van der Waals surface area contributed by atoms with Gasteiger partial charge in [0.1, 0.15) is 5.82 Å². The number of carbonyl (C=O) groups is 1. The Labute approximate surface area is 123 Å². The first-order valence-electron chi connectivity index (χ1n) is 6.88. The lowest BCUT2D eigenvalue weighted by Gasteiger charge is -2.16. The normalized spacial score (nSPS) is 15.2. The molecule has 4 heteroatoms. The first-order valence-corrected chi connectivity index (χ1v) is 6.88. The Balaban J connectivity index is 1.98. The van der Waals surface area contributed by atoms with Gasteiger partial charge in [-0.3, -0.25) is 4.79 Å². The van der Waals surface area contributed by atoms with Crippen molar-refractivity contribution in [1.29, 1.82) is 0 Å². The van der Waals surface area contributed by atoms with Crippen LogP contribution in [0.25, 0.3) is 0 Å². The number of hydrogen-bond acceptors (Lipinski definition) is 2. The van der Waals surface area contributed by atoms with Gasteiger partial charge in [-0.2, -0.15) is 0 Å². The van der Waals surface area contributed by atoms with Crippen molar-refractivity contribution in [2.24, 2.45) is 5.73 Å². The average Bonchev–Trinajstić information content (AvgIpc) is 2.73. The number of anilines is 1. The van der Waals surface area contributed by atoms with Gasteiger partial charge in [-0.1, -0.05) is 24.3 Å². The van der Waals surface area contributed by atoms with E-state index in [-0.39, 0.29) is 11.7 Å². The second-order valence-electron chi connectivity index (χ2n) is 5.52. The zero-order valence-electron chi connectivity index (χ0n) is 12.1. The van der Waals surface area contributed by atoms with Crippen LogP contribution in [0, 0.1) is 12.7 Å². The van der Waals surface area contributed by atoms with Crippen LogP contribution in [0.5, 0.6) is 0 Å². The van der Waals surface area contributed by atoms with E-state index in [1.54, 1.807) is 18.0 Å². The molecule has 1 aliphatic heterocycles. The molecule has 0 radical (unpaired) electrons. The third-order valence-electron chi connectivity index (χ3n) is 4.03. The Kier molecular flexibility index (Phi) is 3.26. The van der Waals surface area contributed by atoms with E-state index in [1.807, 2.05) is 31.2 Å². The number of nitrogens with two attached hydrogens (primary N) is 1. The number of carbonyl (C=O) groups excluding carboxylic acids is 1. The van der Waals surface area contributed by atoms with Crippen LogP contribution in [0.2, 0.25) is 0 Å². The van der Waals surface area contributed by atoms with Crippen LogP contribution in [0.1, 0.15) is 28.3 Å². The summed E-state index contributed by atoms with van der Waals surface area (Å²) in [7, 11) is 1.76. The Bertz CT molecular complexity index is 727. The van der Waals surface area contributed by atoms with Crippen molar-refractivity contribution in [2.45, 2.75) is 19.4 Å². The highest BCUT2D eigenvalue weighted by Gasteiger charge is 2.25. The van der Waals surface area contributed by atoms with Crippen molar-refractivity contribution < 1.29 is 9.18 Å². The Morgan fingerprint density at radius 2 is 2.00 bits per heavy atom. The molecule has 0 fully saturated rings. The minimum atomic E-state index is -0.531. The second kappa shape index (κ2) is 4.97. The summed E-state index contributed by atoms with van der Waals surface area (Å²) in [6, 6.07) is 10.2. The molecule has 1 atom stereocenters. The van der Waals surface area contributed by atoms with Crippen molar-refractivity contribution in [3.8, 4) is 0 Å². The summed E-state index contributed by atoms with van der Waals surface area (Å²) < 4.78 is 14.0. The minimum Gasteiger partial charge on any atom is -0.320 e. The lowest BCUT2D eigenvalue weighted by molar-refractivity contribution is -0.117. The molecule has 3 rings (SSSR count). The van der Waals surface area contributed by atoms with E-state index in [2.05, 4.69) is 0 Å². The molecule has 3 nitrogen and oxygen atoms in total. The molecular weight excluding hydrogens is 267 g/mol.